The number of ether oxygens (including phenoxy) is 3. The van der Waals surface area contributed by atoms with Crippen molar-refractivity contribution < 1.29 is 14.2 Å². The van der Waals surface area contributed by atoms with Crippen LogP contribution in [0, 0.1) is 6.92 Å². The number of aromatic nitrogens is 2. The van der Waals surface area contributed by atoms with Crippen LogP contribution in [0.5, 0.6) is 17.2 Å². The monoisotopic (exact) mass is 378 g/mol. The van der Waals surface area contributed by atoms with Gasteiger partial charge in [0, 0.05) is 29.2 Å². The molecular formula is C21H22N4O3. The van der Waals surface area contributed by atoms with Crippen LogP contribution in [0.25, 0.3) is 0 Å². The molecule has 4 rings (SSSR count). The minimum absolute atomic E-state index is 0.518. The molecule has 28 heavy (non-hydrogen) atoms. The highest BCUT2D eigenvalue weighted by Crippen LogP contribution is 2.33. The molecular weight excluding hydrogens is 356 g/mol. The summed E-state index contributed by atoms with van der Waals surface area (Å²) in [6.45, 7) is 5.66. The Morgan fingerprint density at radius 3 is 2.43 bits per heavy atom. The molecule has 0 bridgehead atoms. The molecule has 0 atom stereocenters. The third-order valence-electron chi connectivity index (χ3n) is 4.09. The van der Waals surface area contributed by atoms with E-state index in [9.17, 15) is 0 Å². The molecule has 7 nitrogen and oxygen atoms in total. The number of hydrogen-bond donors (Lipinski definition) is 2. The highest BCUT2D eigenvalue weighted by atomic mass is 16.6. The van der Waals surface area contributed by atoms with Gasteiger partial charge in [0.25, 0.3) is 0 Å². The summed E-state index contributed by atoms with van der Waals surface area (Å²) in [5, 5.41) is 6.53. The van der Waals surface area contributed by atoms with Gasteiger partial charge in [0.05, 0.1) is 6.61 Å². The molecule has 0 saturated carbocycles. The van der Waals surface area contributed by atoms with Gasteiger partial charge in [-0.2, -0.15) is 4.98 Å². The number of fused-ring (bicyclic) bond motifs is 1. The summed E-state index contributed by atoms with van der Waals surface area (Å²) >= 11 is 0. The first kappa shape index (κ1) is 17.9. The van der Waals surface area contributed by atoms with Crippen molar-refractivity contribution in [2.24, 2.45) is 0 Å². The fourth-order valence-corrected chi connectivity index (χ4v) is 2.89. The van der Waals surface area contributed by atoms with E-state index in [1.165, 1.54) is 0 Å². The molecule has 144 valence electrons. The number of benzene rings is 2. The Balaban J connectivity index is 1.50. The summed E-state index contributed by atoms with van der Waals surface area (Å²) in [5.74, 6) is 3.53. The maximum atomic E-state index is 5.63. The second-order valence-corrected chi connectivity index (χ2v) is 6.28. The summed E-state index contributed by atoms with van der Waals surface area (Å²) in [5.41, 5.74) is 2.61. The molecule has 0 aliphatic carbocycles. The third kappa shape index (κ3) is 4.25. The van der Waals surface area contributed by atoms with Gasteiger partial charge in [-0.25, -0.2) is 4.98 Å². The zero-order chi connectivity index (χ0) is 19.3. The van der Waals surface area contributed by atoms with Crippen molar-refractivity contribution in [3.8, 4) is 17.2 Å². The molecule has 0 radical (unpaired) electrons. The van der Waals surface area contributed by atoms with Crippen LogP contribution < -0.4 is 24.8 Å². The van der Waals surface area contributed by atoms with Gasteiger partial charge >= 0.3 is 0 Å². The van der Waals surface area contributed by atoms with Crippen LogP contribution in [-0.4, -0.2) is 29.8 Å². The second kappa shape index (κ2) is 8.04. The van der Waals surface area contributed by atoms with Crippen LogP contribution >= 0.6 is 0 Å². The van der Waals surface area contributed by atoms with E-state index in [1.54, 1.807) is 0 Å². The first-order valence-electron chi connectivity index (χ1n) is 9.22. The van der Waals surface area contributed by atoms with E-state index in [2.05, 4.69) is 20.6 Å². The standard InChI is InChI=1S/C21H22N4O3/c1-3-26-17-7-4-15(5-8-17)24-21-22-14(2)12-20(25-21)23-16-6-9-18-19(13-16)28-11-10-27-18/h4-9,12-13H,3,10-11H2,1-2H3,(H2,22,23,24,25). The molecule has 7 heteroatoms. The predicted molar refractivity (Wildman–Crippen MR) is 108 cm³/mol. The lowest BCUT2D eigenvalue weighted by Crippen LogP contribution is -2.15. The molecule has 0 unspecified atom stereocenters. The first-order valence-corrected chi connectivity index (χ1v) is 9.22. The van der Waals surface area contributed by atoms with Crippen molar-refractivity contribution in [2.75, 3.05) is 30.5 Å². The molecule has 0 amide bonds. The molecule has 1 aliphatic rings. The molecule has 3 aromatic rings. The first-order chi connectivity index (χ1) is 13.7. The fraction of sp³-hybridized carbons (Fsp3) is 0.238. The van der Waals surface area contributed by atoms with Gasteiger partial charge in [-0.15, -0.1) is 0 Å². The molecule has 1 aliphatic heterocycles. The molecule has 2 N–H and O–H groups in total. The SMILES string of the molecule is CCOc1ccc(Nc2nc(C)cc(Nc3ccc4c(c3)OCCO4)n2)cc1. The van der Waals surface area contributed by atoms with E-state index >= 15 is 0 Å². The largest absolute Gasteiger partial charge is 0.494 e. The number of nitrogens with zero attached hydrogens (tertiary/aromatic N) is 2. The van der Waals surface area contributed by atoms with E-state index in [0.29, 0.717) is 31.6 Å². The molecule has 0 spiro atoms. The number of hydrogen-bond acceptors (Lipinski definition) is 7. The average Bonchev–Trinajstić information content (AvgIpc) is 2.69. The summed E-state index contributed by atoms with van der Waals surface area (Å²) in [6, 6.07) is 15.3. The molecule has 2 aromatic carbocycles. The van der Waals surface area contributed by atoms with Crippen LogP contribution in [0.15, 0.2) is 48.5 Å². The maximum absolute atomic E-state index is 5.63. The van der Waals surface area contributed by atoms with Crippen molar-refractivity contribution >= 4 is 23.1 Å². The van der Waals surface area contributed by atoms with Gasteiger partial charge in [-0.3, -0.25) is 0 Å². The lowest BCUT2D eigenvalue weighted by Gasteiger charge is -2.19. The maximum Gasteiger partial charge on any atom is 0.229 e. The smallest absolute Gasteiger partial charge is 0.229 e. The van der Waals surface area contributed by atoms with Crippen molar-refractivity contribution in [3.63, 3.8) is 0 Å². The minimum atomic E-state index is 0.518. The third-order valence-corrected chi connectivity index (χ3v) is 4.09. The van der Waals surface area contributed by atoms with Gasteiger partial charge in [-0.05, 0) is 50.2 Å². The highest BCUT2D eigenvalue weighted by molar-refractivity contribution is 5.63. The number of rotatable bonds is 6. The molecule has 0 fully saturated rings. The van der Waals surface area contributed by atoms with Crippen molar-refractivity contribution in [3.05, 3.63) is 54.2 Å². The van der Waals surface area contributed by atoms with Crippen molar-refractivity contribution in [1.29, 1.82) is 0 Å². The van der Waals surface area contributed by atoms with Gasteiger partial charge in [0.15, 0.2) is 11.5 Å². The van der Waals surface area contributed by atoms with E-state index < -0.39 is 0 Å². The lowest BCUT2D eigenvalue weighted by atomic mass is 10.2. The van der Waals surface area contributed by atoms with E-state index in [4.69, 9.17) is 14.2 Å². The van der Waals surface area contributed by atoms with Gasteiger partial charge in [-0.1, -0.05) is 0 Å². The van der Waals surface area contributed by atoms with Gasteiger partial charge in [0.1, 0.15) is 24.8 Å². The van der Waals surface area contributed by atoms with Crippen LogP contribution in [-0.2, 0) is 0 Å². The van der Waals surface area contributed by atoms with Crippen molar-refractivity contribution in [2.45, 2.75) is 13.8 Å². The van der Waals surface area contributed by atoms with E-state index in [-0.39, 0.29) is 0 Å². The average molecular weight is 378 g/mol. The molecule has 2 heterocycles. The highest BCUT2D eigenvalue weighted by Gasteiger charge is 2.12. The zero-order valence-corrected chi connectivity index (χ0v) is 15.9. The summed E-state index contributed by atoms with van der Waals surface area (Å²) in [6.07, 6.45) is 0. The normalized spacial score (nSPS) is 12.4. The fourth-order valence-electron chi connectivity index (χ4n) is 2.89. The Hall–Kier alpha value is -3.48. The van der Waals surface area contributed by atoms with Crippen LogP contribution in [0.4, 0.5) is 23.1 Å². The van der Waals surface area contributed by atoms with Crippen LogP contribution in [0.2, 0.25) is 0 Å². The predicted octanol–water partition coefficient (Wildman–Crippen LogP) is 4.44. The Morgan fingerprint density at radius 2 is 1.64 bits per heavy atom. The minimum Gasteiger partial charge on any atom is -0.494 e. The Morgan fingerprint density at radius 1 is 0.893 bits per heavy atom. The van der Waals surface area contributed by atoms with Gasteiger partial charge < -0.3 is 24.8 Å². The Bertz CT molecular complexity index is 960. The quantitative estimate of drug-likeness (QED) is 0.656. The number of aryl methyl sites for hydroxylation is 1. The second-order valence-electron chi connectivity index (χ2n) is 6.28. The van der Waals surface area contributed by atoms with Crippen LogP contribution in [0.3, 0.4) is 0 Å². The van der Waals surface area contributed by atoms with E-state index in [0.717, 1.165) is 34.3 Å². The van der Waals surface area contributed by atoms with Crippen molar-refractivity contribution in [1.82, 2.24) is 9.97 Å². The summed E-state index contributed by atoms with van der Waals surface area (Å²) < 4.78 is 16.7. The summed E-state index contributed by atoms with van der Waals surface area (Å²) in [4.78, 5) is 9.02. The molecule has 0 saturated heterocycles. The molecule has 1 aromatic heterocycles. The van der Waals surface area contributed by atoms with E-state index in [1.807, 2.05) is 62.4 Å². The number of nitrogens with one attached hydrogen (secondary N) is 2. The zero-order valence-electron chi connectivity index (χ0n) is 15.9. The Kier molecular flexibility index (Phi) is 5.14. The number of anilines is 4. The topological polar surface area (TPSA) is 77.5 Å². The lowest BCUT2D eigenvalue weighted by molar-refractivity contribution is 0.171. The van der Waals surface area contributed by atoms with Crippen LogP contribution in [0.1, 0.15) is 12.6 Å². The van der Waals surface area contributed by atoms with Gasteiger partial charge in [0.2, 0.25) is 5.95 Å². The Labute approximate surface area is 163 Å². The summed E-state index contributed by atoms with van der Waals surface area (Å²) in [7, 11) is 0.